The quantitative estimate of drug-likeness (QED) is 0.322. The molecule has 32 heavy (non-hydrogen) atoms. The number of carbonyl (C=O) groups is 1. The topological polar surface area (TPSA) is 121 Å². The third kappa shape index (κ3) is 4.29. The molecule has 166 valence electrons. The molecule has 0 spiro atoms. The Morgan fingerprint density at radius 3 is 2.72 bits per heavy atom. The number of rotatable bonds is 6. The highest BCUT2D eigenvalue weighted by Gasteiger charge is 2.33. The lowest BCUT2D eigenvalue weighted by Crippen LogP contribution is -2.37. The molecule has 10 nitrogen and oxygen atoms in total. The molecule has 4 rings (SSSR count). The first kappa shape index (κ1) is 21.4. The Kier molecular flexibility index (Phi) is 6.11. The van der Waals surface area contributed by atoms with Gasteiger partial charge in [0.15, 0.2) is 5.75 Å². The summed E-state index contributed by atoms with van der Waals surface area (Å²) in [6.07, 6.45) is 2.31. The van der Waals surface area contributed by atoms with Crippen LogP contribution in [0.15, 0.2) is 36.7 Å². The number of para-hydroxylation sites is 1. The Bertz CT molecular complexity index is 1160. The molecule has 1 saturated heterocycles. The molecule has 1 fully saturated rings. The normalized spacial score (nSPS) is 14.4. The SMILES string of the molecule is CCOC(=O)C1CCN(c2ncnc(Oc3cccc4ccc(C)nc34)c2[N+](=O)[O-])CC1. The largest absolute Gasteiger partial charge is 0.466 e. The van der Waals surface area contributed by atoms with Gasteiger partial charge < -0.3 is 14.4 Å². The number of aryl methyl sites for hydroxylation is 1. The van der Waals surface area contributed by atoms with Crippen LogP contribution in [0.3, 0.4) is 0 Å². The van der Waals surface area contributed by atoms with Gasteiger partial charge >= 0.3 is 17.5 Å². The third-order valence-corrected chi connectivity index (χ3v) is 5.40. The van der Waals surface area contributed by atoms with Crippen molar-refractivity contribution in [2.45, 2.75) is 26.7 Å². The Morgan fingerprint density at radius 1 is 1.22 bits per heavy atom. The van der Waals surface area contributed by atoms with Crippen LogP contribution < -0.4 is 9.64 Å². The molecule has 0 atom stereocenters. The van der Waals surface area contributed by atoms with E-state index in [4.69, 9.17) is 9.47 Å². The van der Waals surface area contributed by atoms with Crippen LogP contribution in [-0.4, -0.2) is 45.5 Å². The first-order valence-electron chi connectivity index (χ1n) is 10.4. The van der Waals surface area contributed by atoms with Crippen LogP contribution in [0.1, 0.15) is 25.5 Å². The Labute approximate surface area is 184 Å². The van der Waals surface area contributed by atoms with Crippen LogP contribution >= 0.6 is 0 Å². The van der Waals surface area contributed by atoms with Gasteiger partial charge in [-0.05, 0) is 38.8 Å². The van der Waals surface area contributed by atoms with Gasteiger partial charge in [-0.1, -0.05) is 18.2 Å². The molecule has 1 aromatic carbocycles. The highest BCUT2D eigenvalue weighted by molar-refractivity contribution is 5.85. The summed E-state index contributed by atoms with van der Waals surface area (Å²) >= 11 is 0. The monoisotopic (exact) mass is 437 g/mol. The van der Waals surface area contributed by atoms with Crippen molar-refractivity contribution in [2.24, 2.45) is 5.92 Å². The van der Waals surface area contributed by atoms with E-state index in [-0.39, 0.29) is 29.3 Å². The Balaban J connectivity index is 1.64. The number of nitro groups is 1. The predicted molar refractivity (Wildman–Crippen MR) is 117 cm³/mol. The third-order valence-electron chi connectivity index (χ3n) is 5.40. The molecule has 3 aromatic rings. The number of pyridine rings is 1. The highest BCUT2D eigenvalue weighted by Crippen LogP contribution is 2.38. The maximum Gasteiger partial charge on any atom is 0.373 e. The predicted octanol–water partition coefficient (Wildman–Crippen LogP) is 3.81. The lowest BCUT2D eigenvalue weighted by molar-refractivity contribution is -0.385. The van der Waals surface area contributed by atoms with Gasteiger partial charge in [-0.2, -0.15) is 4.98 Å². The lowest BCUT2D eigenvalue weighted by Gasteiger charge is -2.31. The van der Waals surface area contributed by atoms with E-state index in [0.717, 1.165) is 11.1 Å². The summed E-state index contributed by atoms with van der Waals surface area (Å²) < 4.78 is 11.0. The summed E-state index contributed by atoms with van der Waals surface area (Å²) in [4.78, 5) is 38.0. The minimum absolute atomic E-state index is 0.150. The van der Waals surface area contributed by atoms with Gasteiger partial charge in [0.2, 0.25) is 5.82 Å². The molecule has 0 bridgehead atoms. The van der Waals surface area contributed by atoms with Gasteiger partial charge in [-0.15, -0.1) is 0 Å². The van der Waals surface area contributed by atoms with E-state index < -0.39 is 4.92 Å². The number of piperidine rings is 1. The summed E-state index contributed by atoms with van der Waals surface area (Å²) in [7, 11) is 0. The number of ether oxygens (including phenoxy) is 2. The number of fused-ring (bicyclic) bond motifs is 1. The molecule has 1 aliphatic rings. The fourth-order valence-electron chi connectivity index (χ4n) is 3.81. The van der Waals surface area contributed by atoms with Crippen LogP contribution in [0, 0.1) is 23.0 Å². The zero-order chi connectivity index (χ0) is 22.7. The number of nitrogens with zero attached hydrogens (tertiary/aromatic N) is 5. The minimum Gasteiger partial charge on any atom is -0.466 e. The van der Waals surface area contributed by atoms with Crippen LogP contribution in [0.2, 0.25) is 0 Å². The first-order valence-corrected chi connectivity index (χ1v) is 10.4. The lowest BCUT2D eigenvalue weighted by atomic mass is 9.97. The van der Waals surface area contributed by atoms with Gasteiger partial charge in [0.25, 0.3) is 0 Å². The zero-order valence-corrected chi connectivity index (χ0v) is 17.9. The van der Waals surface area contributed by atoms with Gasteiger partial charge in [0.05, 0.1) is 17.4 Å². The molecular formula is C22H23N5O5. The first-order chi connectivity index (χ1) is 15.5. The average molecular weight is 437 g/mol. The maximum atomic E-state index is 12.0. The number of hydrogen-bond donors (Lipinski definition) is 0. The van der Waals surface area contributed by atoms with E-state index in [1.807, 2.05) is 25.1 Å². The molecule has 0 amide bonds. The van der Waals surface area contributed by atoms with E-state index in [2.05, 4.69) is 15.0 Å². The second kappa shape index (κ2) is 9.13. The molecule has 10 heteroatoms. The van der Waals surface area contributed by atoms with Crippen LogP contribution in [0.25, 0.3) is 10.9 Å². The summed E-state index contributed by atoms with van der Waals surface area (Å²) in [5, 5.41) is 12.8. The average Bonchev–Trinajstić information content (AvgIpc) is 2.79. The van der Waals surface area contributed by atoms with Gasteiger partial charge in [-0.3, -0.25) is 14.9 Å². The summed E-state index contributed by atoms with van der Waals surface area (Å²) in [6, 6.07) is 9.19. The van der Waals surface area contributed by atoms with Crippen molar-refractivity contribution in [3.63, 3.8) is 0 Å². The van der Waals surface area contributed by atoms with Crippen LogP contribution in [0.5, 0.6) is 11.6 Å². The van der Waals surface area contributed by atoms with Gasteiger partial charge in [-0.25, -0.2) is 9.97 Å². The summed E-state index contributed by atoms with van der Waals surface area (Å²) in [5.41, 5.74) is 1.08. The molecule has 0 radical (unpaired) electrons. The minimum atomic E-state index is -0.536. The van der Waals surface area contributed by atoms with Gasteiger partial charge in [0.1, 0.15) is 11.8 Å². The number of carbonyl (C=O) groups excluding carboxylic acids is 1. The fourth-order valence-corrected chi connectivity index (χ4v) is 3.81. The van der Waals surface area contributed by atoms with Crippen molar-refractivity contribution < 1.29 is 19.2 Å². The van der Waals surface area contributed by atoms with Crippen molar-refractivity contribution in [1.82, 2.24) is 15.0 Å². The fraction of sp³-hybridized carbons (Fsp3) is 0.364. The molecule has 0 unspecified atom stereocenters. The van der Waals surface area contributed by atoms with Crippen LogP contribution in [-0.2, 0) is 9.53 Å². The molecular weight excluding hydrogens is 414 g/mol. The van der Waals surface area contributed by atoms with Crippen molar-refractivity contribution in [1.29, 1.82) is 0 Å². The number of hydrogen-bond acceptors (Lipinski definition) is 9. The number of anilines is 1. The number of benzene rings is 1. The summed E-state index contributed by atoms with van der Waals surface area (Å²) in [5.74, 6) is -0.0464. The molecule has 0 N–H and O–H groups in total. The standard InChI is InChI=1S/C22H23N5O5/c1-3-31-22(28)16-9-11-26(12-10-16)20-19(27(29)30)21(24-13-23-20)32-17-6-4-5-15-8-7-14(2)25-18(15)17/h4-8,13,16H,3,9-12H2,1-2H3. The van der Waals surface area contributed by atoms with Crippen LogP contribution in [0.4, 0.5) is 11.5 Å². The second-order valence-corrected chi connectivity index (χ2v) is 7.50. The smallest absolute Gasteiger partial charge is 0.373 e. The van der Waals surface area contributed by atoms with Gasteiger partial charge in [0, 0.05) is 24.2 Å². The Hall–Kier alpha value is -3.82. The zero-order valence-electron chi connectivity index (χ0n) is 17.9. The van der Waals surface area contributed by atoms with E-state index >= 15 is 0 Å². The molecule has 3 heterocycles. The molecule has 0 saturated carbocycles. The van der Waals surface area contributed by atoms with E-state index in [9.17, 15) is 14.9 Å². The number of aromatic nitrogens is 3. The van der Waals surface area contributed by atoms with Crippen molar-refractivity contribution in [2.75, 3.05) is 24.6 Å². The summed E-state index contributed by atoms with van der Waals surface area (Å²) in [6.45, 7) is 4.85. The van der Waals surface area contributed by atoms with E-state index in [1.54, 1.807) is 24.0 Å². The second-order valence-electron chi connectivity index (χ2n) is 7.50. The van der Waals surface area contributed by atoms with Crippen molar-refractivity contribution in [3.05, 3.63) is 52.5 Å². The van der Waals surface area contributed by atoms with E-state index in [0.29, 0.717) is 43.8 Å². The van der Waals surface area contributed by atoms with Crippen molar-refractivity contribution in [3.8, 4) is 11.6 Å². The van der Waals surface area contributed by atoms with E-state index in [1.165, 1.54) is 6.33 Å². The molecule has 0 aliphatic carbocycles. The molecule has 1 aliphatic heterocycles. The highest BCUT2D eigenvalue weighted by atomic mass is 16.6. The Morgan fingerprint density at radius 2 is 2.00 bits per heavy atom. The van der Waals surface area contributed by atoms with Crippen molar-refractivity contribution >= 4 is 28.4 Å². The maximum absolute atomic E-state index is 12.0. The molecule has 2 aromatic heterocycles. The number of esters is 1.